The van der Waals surface area contributed by atoms with Crippen LogP contribution < -0.4 is 16.0 Å². The summed E-state index contributed by atoms with van der Waals surface area (Å²) in [5.74, 6) is 5.41. The largest absolute Gasteiger partial charge is 0.324 e. The lowest BCUT2D eigenvalue weighted by Crippen LogP contribution is -2.27. The predicted molar refractivity (Wildman–Crippen MR) is 68.8 cm³/mol. The third kappa shape index (κ3) is 2.83. The minimum absolute atomic E-state index is 0.142. The average Bonchev–Trinajstić information content (AvgIpc) is 3.02. The molecule has 0 bridgehead atoms. The van der Waals surface area contributed by atoms with Crippen LogP contribution in [0.2, 0.25) is 0 Å². The first-order chi connectivity index (χ1) is 8.85. The summed E-state index contributed by atoms with van der Waals surface area (Å²) in [4.78, 5) is 9.85. The van der Waals surface area contributed by atoms with Gasteiger partial charge in [0.2, 0.25) is 10.0 Å². The Labute approximate surface area is 110 Å². The van der Waals surface area contributed by atoms with Crippen molar-refractivity contribution < 1.29 is 13.3 Å². The number of hydrogen-bond acceptors (Lipinski definition) is 6. The fourth-order valence-electron chi connectivity index (χ4n) is 1.73. The third-order valence-electron chi connectivity index (χ3n) is 3.03. The summed E-state index contributed by atoms with van der Waals surface area (Å²) in [6.45, 7) is 1.91. The summed E-state index contributed by atoms with van der Waals surface area (Å²) < 4.78 is 26.6. The lowest BCUT2D eigenvalue weighted by atomic mass is 10.3. The maximum Gasteiger partial charge on any atom is 0.291 e. The Morgan fingerprint density at radius 1 is 1.47 bits per heavy atom. The van der Waals surface area contributed by atoms with E-state index in [1.165, 1.54) is 12.1 Å². The zero-order valence-corrected chi connectivity index (χ0v) is 11.0. The van der Waals surface area contributed by atoms with Gasteiger partial charge in [0.1, 0.15) is 0 Å². The van der Waals surface area contributed by atoms with Gasteiger partial charge in [-0.3, -0.25) is 16.0 Å². The molecule has 2 atom stereocenters. The van der Waals surface area contributed by atoms with Crippen molar-refractivity contribution in [1.82, 2.24) is 4.72 Å². The van der Waals surface area contributed by atoms with Crippen LogP contribution in [0.15, 0.2) is 23.1 Å². The molecular weight excluding hydrogens is 272 g/mol. The molecule has 1 aromatic carbocycles. The van der Waals surface area contributed by atoms with Crippen LogP contribution in [-0.2, 0) is 10.0 Å². The highest BCUT2D eigenvalue weighted by Crippen LogP contribution is 2.33. The van der Waals surface area contributed by atoms with E-state index >= 15 is 0 Å². The van der Waals surface area contributed by atoms with Crippen molar-refractivity contribution >= 4 is 21.4 Å². The Bertz CT molecular complexity index is 616. The number of nitrogen functional groups attached to an aromatic ring is 1. The highest BCUT2D eigenvalue weighted by atomic mass is 32.2. The molecule has 1 aromatic rings. The van der Waals surface area contributed by atoms with Gasteiger partial charge in [-0.1, -0.05) is 6.92 Å². The van der Waals surface area contributed by atoms with Gasteiger partial charge < -0.3 is 5.43 Å². The van der Waals surface area contributed by atoms with Gasteiger partial charge in [-0.2, -0.15) is 0 Å². The van der Waals surface area contributed by atoms with Gasteiger partial charge in [-0.05, 0) is 24.5 Å². The number of nitrogens with two attached hydrogens (primary N) is 1. The van der Waals surface area contributed by atoms with Crippen molar-refractivity contribution in [1.29, 1.82) is 0 Å². The van der Waals surface area contributed by atoms with E-state index in [4.69, 9.17) is 5.84 Å². The molecule has 0 heterocycles. The van der Waals surface area contributed by atoms with E-state index < -0.39 is 20.6 Å². The maximum atomic E-state index is 12.1. The quantitative estimate of drug-likeness (QED) is 0.412. The van der Waals surface area contributed by atoms with Gasteiger partial charge in [-0.15, -0.1) is 0 Å². The lowest BCUT2D eigenvalue weighted by molar-refractivity contribution is -0.387. The molecule has 1 aliphatic carbocycles. The minimum Gasteiger partial charge on any atom is -0.324 e. The molecule has 0 amide bonds. The number of anilines is 1. The first kappa shape index (κ1) is 13.7. The van der Waals surface area contributed by atoms with Crippen molar-refractivity contribution in [3.63, 3.8) is 0 Å². The molecule has 2 unspecified atom stereocenters. The Morgan fingerprint density at radius 3 is 2.58 bits per heavy atom. The van der Waals surface area contributed by atoms with Crippen LogP contribution in [-0.4, -0.2) is 19.4 Å². The summed E-state index contributed by atoms with van der Waals surface area (Å²) in [6.07, 6.45) is 0.746. The topological polar surface area (TPSA) is 127 Å². The molecule has 0 saturated heterocycles. The van der Waals surface area contributed by atoms with Gasteiger partial charge in [0.15, 0.2) is 4.90 Å². The molecule has 4 N–H and O–H groups in total. The third-order valence-corrected chi connectivity index (χ3v) is 4.57. The van der Waals surface area contributed by atoms with Gasteiger partial charge in [0.25, 0.3) is 5.69 Å². The number of nitro groups is 1. The van der Waals surface area contributed by atoms with E-state index in [0.717, 1.165) is 12.5 Å². The molecule has 19 heavy (non-hydrogen) atoms. The van der Waals surface area contributed by atoms with Crippen molar-refractivity contribution in [3.05, 3.63) is 28.3 Å². The van der Waals surface area contributed by atoms with Gasteiger partial charge in [0, 0.05) is 12.1 Å². The average molecular weight is 286 g/mol. The van der Waals surface area contributed by atoms with Gasteiger partial charge in [-0.25, -0.2) is 13.1 Å². The summed E-state index contributed by atoms with van der Waals surface area (Å²) in [5, 5.41) is 10.9. The Hall–Kier alpha value is -1.71. The number of hydrazine groups is 1. The summed E-state index contributed by atoms with van der Waals surface area (Å²) in [6, 6.07) is 3.49. The number of hydrogen-bond donors (Lipinski definition) is 3. The standard InChI is InChI=1S/C10H14N4O4S/c1-6-4-8(6)13-19(17,18)10-3-2-7(12-11)5-9(10)14(15)16/h2-3,5-6,8,12-13H,4,11H2,1H3. The van der Waals surface area contributed by atoms with Gasteiger partial charge in [0.05, 0.1) is 10.6 Å². The molecule has 0 aromatic heterocycles. The fourth-order valence-corrected chi connectivity index (χ4v) is 3.24. The molecule has 2 rings (SSSR count). The van der Waals surface area contributed by atoms with Gasteiger partial charge >= 0.3 is 0 Å². The van der Waals surface area contributed by atoms with E-state index in [1.54, 1.807) is 0 Å². The Balaban J connectivity index is 2.40. The number of sulfonamides is 1. The van der Waals surface area contributed by atoms with Crippen molar-refractivity contribution in [2.45, 2.75) is 24.3 Å². The van der Waals surface area contributed by atoms with Crippen molar-refractivity contribution in [3.8, 4) is 0 Å². The first-order valence-electron chi connectivity index (χ1n) is 5.62. The highest BCUT2D eigenvalue weighted by Gasteiger charge is 2.38. The molecule has 0 aliphatic heterocycles. The van der Waals surface area contributed by atoms with E-state index in [2.05, 4.69) is 10.1 Å². The lowest BCUT2D eigenvalue weighted by Gasteiger charge is -2.08. The SMILES string of the molecule is CC1CC1NS(=O)(=O)c1ccc(NN)cc1[N+](=O)[O-]. The van der Waals surface area contributed by atoms with Crippen LogP contribution in [0.5, 0.6) is 0 Å². The van der Waals surface area contributed by atoms with Crippen LogP contribution in [0.1, 0.15) is 13.3 Å². The highest BCUT2D eigenvalue weighted by molar-refractivity contribution is 7.89. The van der Waals surface area contributed by atoms with Crippen LogP contribution in [0.3, 0.4) is 0 Å². The maximum absolute atomic E-state index is 12.1. The molecular formula is C10H14N4O4S. The molecule has 1 aliphatic rings. The van der Waals surface area contributed by atoms with E-state index in [0.29, 0.717) is 0 Å². The van der Waals surface area contributed by atoms with Crippen LogP contribution in [0, 0.1) is 16.0 Å². The summed E-state index contributed by atoms with van der Waals surface area (Å²) >= 11 is 0. The molecule has 0 spiro atoms. The minimum atomic E-state index is -3.89. The summed E-state index contributed by atoms with van der Waals surface area (Å²) in [7, 11) is -3.89. The molecule has 1 saturated carbocycles. The second-order valence-corrected chi connectivity index (χ2v) is 6.21. The van der Waals surface area contributed by atoms with E-state index in [1.807, 2.05) is 6.92 Å². The molecule has 104 valence electrons. The van der Waals surface area contributed by atoms with Crippen molar-refractivity contribution in [2.24, 2.45) is 11.8 Å². The normalized spacial score (nSPS) is 22.0. The number of nitrogens with zero attached hydrogens (tertiary/aromatic N) is 1. The smallest absolute Gasteiger partial charge is 0.291 e. The van der Waals surface area contributed by atoms with E-state index in [-0.39, 0.29) is 22.5 Å². The predicted octanol–water partition coefficient (Wildman–Crippen LogP) is 0.567. The van der Waals surface area contributed by atoms with Crippen LogP contribution in [0.25, 0.3) is 0 Å². The van der Waals surface area contributed by atoms with Crippen LogP contribution in [0.4, 0.5) is 11.4 Å². The molecule has 8 nitrogen and oxygen atoms in total. The second-order valence-electron chi connectivity index (χ2n) is 4.52. The Morgan fingerprint density at radius 2 is 2.11 bits per heavy atom. The number of nitrogens with one attached hydrogen (secondary N) is 2. The second kappa shape index (κ2) is 4.76. The van der Waals surface area contributed by atoms with Crippen LogP contribution >= 0.6 is 0 Å². The number of nitro benzene ring substituents is 1. The Kier molecular flexibility index (Phi) is 3.43. The van der Waals surface area contributed by atoms with E-state index in [9.17, 15) is 18.5 Å². The zero-order valence-electron chi connectivity index (χ0n) is 10.2. The summed E-state index contributed by atoms with van der Waals surface area (Å²) in [5.41, 5.74) is 2.01. The number of rotatable bonds is 5. The number of benzene rings is 1. The molecule has 9 heteroatoms. The van der Waals surface area contributed by atoms with Crippen molar-refractivity contribution in [2.75, 3.05) is 5.43 Å². The molecule has 1 fully saturated rings. The molecule has 0 radical (unpaired) electrons. The zero-order chi connectivity index (χ0) is 14.2. The first-order valence-corrected chi connectivity index (χ1v) is 7.11. The fraction of sp³-hybridized carbons (Fsp3) is 0.400. The monoisotopic (exact) mass is 286 g/mol.